The van der Waals surface area contributed by atoms with Gasteiger partial charge in [0, 0.05) is 12.5 Å². The fourth-order valence-corrected chi connectivity index (χ4v) is 3.26. The lowest BCUT2D eigenvalue weighted by Gasteiger charge is -2.22. The molecule has 1 aromatic carbocycles. The zero-order chi connectivity index (χ0) is 16.9. The van der Waals surface area contributed by atoms with Gasteiger partial charge in [-0.2, -0.15) is 4.98 Å². The zero-order valence-corrected chi connectivity index (χ0v) is 14.1. The number of phenolic OH excluding ortho intramolecular Hbond substituents is 1. The monoisotopic (exact) mass is 331 g/mol. The summed E-state index contributed by atoms with van der Waals surface area (Å²) in [6, 6.07) is 6.73. The van der Waals surface area contributed by atoms with Crippen LogP contribution in [0.2, 0.25) is 0 Å². The first-order valence-electron chi connectivity index (χ1n) is 8.67. The van der Waals surface area contributed by atoms with Crippen LogP contribution in [0.4, 0.5) is 0 Å². The summed E-state index contributed by atoms with van der Waals surface area (Å²) in [6.45, 7) is 3.80. The van der Waals surface area contributed by atoms with E-state index in [1.807, 2.05) is 13.0 Å². The Labute approximate surface area is 142 Å². The first-order chi connectivity index (χ1) is 11.7. The number of benzene rings is 1. The van der Waals surface area contributed by atoms with Crippen molar-refractivity contribution in [3.63, 3.8) is 0 Å². The summed E-state index contributed by atoms with van der Waals surface area (Å²) in [5, 5.41) is 24.0. The molecule has 0 spiro atoms. The Balaban J connectivity index is 1.60. The Morgan fingerprint density at radius 2 is 2.12 bits per heavy atom. The van der Waals surface area contributed by atoms with E-state index >= 15 is 0 Å². The van der Waals surface area contributed by atoms with Crippen molar-refractivity contribution >= 4 is 0 Å². The van der Waals surface area contributed by atoms with E-state index in [0.29, 0.717) is 30.4 Å². The molecule has 0 radical (unpaired) electrons. The molecule has 1 saturated carbocycles. The number of aromatic hydroxyl groups is 1. The number of hydrogen-bond donors (Lipinski definition) is 2. The number of aromatic nitrogens is 2. The third kappa shape index (κ3) is 4.13. The standard InChI is InChI=1S/C18H25N3O3/c1-2-21(11-16(23)14-8-5-9-15(22)10-14)12-17-19-18(24-20-17)13-6-3-4-7-13/h5,8-10,13,16,22-23H,2-4,6-7,11-12H2,1H3. The molecule has 0 amide bonds. The molecule has 1 atom stereocenters. The van der Waals surface area contributed by atoms with Crippen molar-refractivity contribution in [1.29, 1.82) is 0 Å². The van der Waals surface area contributed by atoms with E-state index < -0.39 is 6.10 Å². The van der Waals surface area contributed by atoms with Crippen LogP contribution in [0.25, 0.3) is 0 Å². The predicted octanol–water partition coefficient (Wildman–Crippen LogP) is 2.99. The lowest BCUT2D eigenvalue weighted by atomic mass is 10.1. The van der Waals surface area contributed by atoms with Crippen molar-refractivity contribution in [2.75, 3.05) is 13.1 Å². The smallest absolute Gasteiger partial charge is 0.229 e. The van der Waals surface area contributed by atoms with Crippen LogP contribution in [0.15, 0.2) is 28.8 Å². The van der Waals surface area contributed by atoms with Crippen LogP contribution in [0.5, 0.6) is 5.75 Å². The van der Waals surface area contributed by atoms with Gasteiger partial charge in [0.1, 0.15) is 5.75 Å². The molecule has 1 aromatic heterocycles. The van der Waals surface area contributed by atoms with E-state index in [1.54, 1.807) is 18.2 Å². The molecule has 1 unspecified atom stereocenters. The molecule has 130 valence electrons. The van der Waals surface area contributed by atoms with Gasteiger partial charge in [0.05, 0.1) is 12.6 Å². The molecule has 2 aromatic rings. The molecule has 0 bridgehead atoms. The lowest BCUT2D eigenvalue weighted by Crippen LogP contribution is -2.28. The minimum atomic E-state index is -0.668. The molecular formula is C18H25N3O3. The summed E-state index contributed by atoms with van der Waals surface area (Å²) in [7, 11) is 0. The molecule has 6 heteroatoms. The number of rotatable bonds is 7. The second-order valence-electron chi connectivity index (χ2n) is 6.47. The number of nitrogens with zero attached hydrogens (tertiary/aromatic N) is 3. The normalized spacial score (nSPS) is 16.8. The summed E-state index contributed by atoms with van der Waals surface area (Å²) in [4.78, 5) is 6.60. The molecule has 1 fully saturated rings. The molecule has 1 aliphatic rings. The molecule has 1 heterocycles. The van der Waals surface area contributed by atoms with E-state index in [0.717, 1.165) is 25.3 Å². The Morgan fingerprint density at radius 1 is 1.33 bits per heavy atom. The van der Waals surface area contributed by atoms with Gasteiger partial charge in [-0.15, -0.1) is 0 Å². The highest BCUT2D eigenvalue weighted by Gasteiger charge is 2.23. The number of aliphatic hydroxyl groups is 1. The van der Waals surface area contributed by atoms with E-state index in [4.69, 9.17) is 4.52 Å². The van der Waals surface area contributed by atoms with Gasteiger partial charge < -0.3 is 14.7 Å². The average molecular weight is 331 g/mol. The second-order valence-corrected chi connectivity index (χ2v) is 6.47. The Kier molecular flexibility index (Phi) is 5.48. The third-order valence-corrected chi connectivity index (χ3v) is 4.69. The summed E-state index contributed by atoms with van der Waals surface area (Å²) < 4.78 is 5.42. The summed E-state index contributed by atoms with van der Waals surface area (Å²) >= 11 is 0. The average Bonchev–Trinajstić information content (AvgIpc) is 3.25. The SMILES string of the molecule is CCN(Cc1noc(C2CCCC2)n1)CC(O)c1cccc(O)c1. The molecule has 2 N–H and O–H groups in total. The van der Waals surface area contributed by atoms with Gasteiger partial charge in [-0.1, -0.05) is 37.1 Å². The Morgan fingerprint density at radius 3 is 2.83 bits per heavy atom. The van der Waals surface area contributed by atoms with Gasteiger partial charge in [-0.3, -0.25) is 4.90 Å². The quantitative estimate of drug-likeness (QED) is 0.811. The fourth-order valence-electron chi connectivity index (χ4n) is 3.26. The Bertz CT molecular complexity index is 652. The van der Waals surface area contributed by atoms with Gasteiger partial charge in [0.25, 0.3) is 0 Å². The fraction of sp³-hybridized carbons (Fsp3) is 0.556. The number of phenols is 1. The van der Waals surface area contributed by atoms with Crippen LogP contribution in [-0.4, -0.2) is 38.3 Å². The topological polar surface area (TPSA) is 82.6 Å². The minimum absolute atomic E-state index is 0.161. The lowest BCUT2D eigenvalue weighted by molar-refractivity contribution is 0.110. The molecule has 6 nitrogen and oxygen atoms in total. The van der Waals surface area contributed by atoms with Crippen molar-refractivity contribution in [2.24, 2.45) is 0 Å². The van der Waals surface area contributed by atoms with Crippen molar-refractivity contribution in [3.8, 4) is 5.75 Å². The van der Waals surface area contributed by atoms with Crippen molar-refractivity contribution in [2.45, 2.75) is 51.2 Å². The summed E-state index contributed by atoms with van der Waals surface area (Å²) in [5.74, 6) is 2.00. The van der Waals surface area contributed by atoms with Crippen molar-refractivity contribution < 1.29 is 14.7 Å². The minimum Gasteiger partial charge on any atom is -0.508 e. The molecular weight excluding hydrogens is 306 g/mol. The van der Waals surface area contributed by atoms with Gasteiger partial charge in [-0.25, -0.2) is 0 Å². The van der Waals surface area contributed by atoms with Gasteiger partial charge in [-0.05, 0) is 37.1 Å². The first kappa shape index (κ1) is 16.9. The second kappa shape index (κ2) is 7.77. The van der Waals surface area contributed by atoms with E-state index in [-0.39, 0.29) is 5.75 Å². The van der Waals surface area contributed by atoms with Gasteiger partial charge in [0.2, 0.25) is 5.89 Å². The zero-order valence-electron chi connectivity index (χ0n) is 14.1. The third-order valence-electron chi connectivity index (χ3n) is 4.69. The van der Waals surface area contributed by atoms with Crippen molar-refractivity contribution in [3.05, 3.63) is 41.5 Å². The van der Waals surface area contributed by atoms with E-state index in [2.05, 4.69) is 15.0 Å². The number of likely N-dealkylation sites (N-methyl/N-ethyl adjacent to an activating group) is 1. The largest absolute Gasteiger partial charge is 0.508 e. The van der Waals surface area contributed by atoms with Gasteiger partial charge >= 0.3 is 0 Å². The molecule has 0 aliphatic heterocycles. The van der Waals surface area contributed by atoms with Crippen LogP contribution in [0.3, 0.4) is 0 Å². The molecule has 24 heavy (non-hydrogen) atoms. The highest BCUT2D eigenvalue weighted by atomic mass is 16.5. The first-order valence-corrected chi connectivity index (χ1v) is 8.67. The van der Waals surface area contributed by atoms with Crippen LogP contribution in [0.1, 0.15) is 61.9 Å². The highest BCUT2D eigenvalue weighted by molar-refractivity contribution is 5.28. The highest BCUT2D eigenvalue weighted by Crippen LogP contribution is 2.33. The van der Waals surface area contributed by atoms with E-state index in [1.165, 1.54) is 12.8 Å². The van der Waals surface area contributed by atoms with Crippen LogP contribution >= 0.6 is 0 Å². The molecule has 1 aliphatic carbocycles. The van der Waals surface area contributed by atoms with Crippen LogP contribution in [0, 0.1) is 0 Å². The molecule has 0 saturated heterocycles. The maximum atomic E-state index is 10.4. The van der Waals surface area contributed by atoms with Gasteiger partial charge in [0.15, 0.2) is 5.82 Å². The summed E-state index contributed by atoms with van der Waals surface area (Å²) in [5.41, 5.74) is 0.702. The van der Waals surface area contributed by atoms with Crippen LogP contribution in [-0.2, 0) is 6.54 Å². The van der Waals surface area contributed by atoms with Crippen molar-refractivity contribution in [1.82, 2.24) is 15.0 Å². The number of hydrogen-bond acceptors (Lipinski definition) is 6. The van der Waals surface area contributed by atoms with E-state index in [9.17, 15) is 10.2 Å². The molecule has 3 rings (SSSR count). The Hall–Kier alpha value is -1.92. The summed E-state index contributed by atoms with van der Waals surface area (Å²) in [6.07, 6.45) is 4.07. The van der Waals surface area contributed by atoms with Crippen LogP contribution < -0.4 is 0 Å². The number of aliphatic hydroxyl groups excluding tert-OH is 1. The maximum absolute atomic E-state index is 10.4. The maximum Gasteiger partial charge on any atom is 0.229 e. The predicted molar refractivity (Wildman–Crippen MR) is 89.5 cm³/mol.